The van der Waals surface area contributed by atoms with Crippen LogP contribution in [0.5, 0.6) is 0 Å². The number of rotatable bonds is 3. The first-order chi connectivity index (χ1) is 8.67. The molecule has 0 atom stereocenters. The molecule has 1 nitrogen and oxygen atoms in total. The zero-order chi connectivity index (χ0) is 13.0. The van der Waals surface area contributed by atoms with Gasteiger partial charge in [0.15, 0.2) is 0 Å². The second-order valence-corrected chi connectivity index (χ2v) is 6.07. The van der Waals surface area contributed by atoms with Gasteiger partial charge in [-0.2, -0.15) is 5.26 Å². The largest absolute Gasteiger partial charge is 0.192 e. The lowest BCUT2D eigenvalue weighted by atomic mass is 9.68. The molecule has 0 unspecified atom stereocenters. The Morgan fingerprint density at radius 1 is 1.22 bits per heavy atom. The van der Waals surface area contributed by atoms with E-state index in [9.17, 15) is 0 Å². The van der Waals surface area contributed by atoms with Gasteiger partial charge in [-0.05, 0) is 61.1 Å². The fraction of sp³-hybridized carbons (Fsp3) is 0.588. The summed E-state index contributed by atoms with van der Waals surface area (Å²) < 4.78 is 0. The average molecular weight is 241 g/mol. The molecule has 0 aromatic heterocycles. The predicted molar refractivity (Wildman–Crippen MR) is 75.4 cm³/mol. The lowest BCUT2D eigenvalue weighted by Crippen LogP contribution is -2.23. The smallest absolute Gasteiger partial charge is 0.0991 e. The summed E-state index contributed by atoms with van der Waals surface area (Å²) in [6.45, 7) is 4.74. The molecule has 18 heavy (non-hydrogen) atoms. The molecule has 1 aromatic carbocycles. The SMILES string of the molecule is CCCC1(C)CCC(c2ccc(C#N)cc2)CC1. The van der Waals surface area contributed by atoms with Gasteiger partial charge in [-0.25, -0.2) is 0 Å². The molecule has 1 fully saturated rings. The maximum Gasteiger partial charge on any atom is 0.0991 e. The van der Waals surface area contributed by atoms with Crippen LogP contribution in [0, 0.1) is 16.7 Å². The first-order valence-electron chi connectivity index (χ1n) is 7.17. The van der Waals surface area contributed by atoms with Crippen molar-refractivity contribution in [3.63, 3.8) is 0 Å². The van der Waals surface area contributed by atoms with E-state index in [1.807, 2.05) is 12.1 Å². The lowest BCUT2D eigenvalue weighted by molar-refractivity contribution is 0.182. The van der Waals surface area contributed by atoms with E-state index in [2.05, 4.69) is 32.0 Å². The lowest BCUT2D eigenvalue weighted by Gasteiger charge is -2.37. The second kappa shape index (κ2) is 5.57. The third kappa shape index (κ3) is 2.93. The Morgan fingerprint density at radius 3 is 2.33 bits per heavy atom. The monoisotopic (exact) mass is 241 g/mol. The van der Waals surface area contributed by atoms with E-state index in [0.29, 0.717) is 11.3 Å². The average Bonchev–Trinajstić information content (AvgIpc) is 2.40. The quantitative estimate of drug-likeness (QED) is 0.728. The van der Waals surface area contributed by atoms with E-state index in [-0.39, 0.29) is 0 Å². The summed E-state index contributed by atoms with van der Waals surface area (Å²) in [4.78, 5) is 0. The Labute approximate surface area is 111 Å². The van der Waals surface area contributed by atoms with Crippen molar-refractivity contribution in [1.29, 1.82) is 5.26 Å². The summed E-state index contributed by atoms with van der Waals surface area (Å²) in [7, 11) is 0. The highest BCUT2D eigenvalue weighted by Crippen LogP contribution is 2.45. The molecule has 0 radical (unpaired) electrons. The molecule has 1 aromatic rings. The molecule has 1 saturated carbocycles. The Bertz CT molecular complexity index is 416. The van der Waals surface area contributed by atoms with Gasteiger partial charge in [-0.3, -0.25) is 0 Å². The van der Waals surface area contributed by atoms with Gasteiger partial charge in [0.2, 0.25) is 0 Å². The first-order valence-corrected chi connectivity index (χ1v) is 7.17. The second-order valence-electron chi connectivity index (χ2n) is 6.07. The van der Waals surface area contributed by atoms with E-state index < -0.39 is 0 Å². The van der Waals surface area contributed by atoms with Crippen molar-refractivity contribution in [2.24, 2.45) is 5.41 Å². The molecule has 0 amide bonds. The van der Waals surface area contributed by atoms with Gasteiger partial charge in [-0.15, -0.1) is 0 Å². The van der Waals surface area contributed by atoms with Crippen molar-refractivity contribution >= 4 is 0 Å². The van der Waals surface area contributed by atoms with Crippen LogP contribution < -0.4 is 0 Å². The fourth-order valence-corrected chi connectivity index (χ4v) is 3.33. The van der Waals surface area contributed by atoms with Gasteiger partial charge in [0.25, 0.3) is 0 Å². The summed E-state index contributed by atoms with van der Waals surface area (Å²) in [5, 5.41) is 8.82. The minimum absolute atomic E-state index is 0.581. The van der Waals surface area contributed by atoms with Crippen LogP contribution in [0.3, 0.4) is 0 Å². The van der Waals surface area contributed by atoms with Crippen molar-refractivity contribution in [1.82, 2.24) is 0 Å². The minimum atomic E-state index is 0.581. The summed E-state index contributed by atoms with van der Waals surface area (Å²) in [6, 6.07) is 10.4. The molecule has 96 valence electrons. The fourth-order valence-electron chi connectivity index (χ4n) is 3.33. The van der Waals surface area contributed by atoms with Gasteiger partial charge in [0, 0.05) is 0 Å². The Balaban J connectivity index is 1.99. The minimum Gasteiger partial charge on any atom is -0.192 e. The highest BCUT2D eigenvalue weighted by atomic mass is 14.4. The zero-order valence-corrected chi connectivity index (χ0v) is 11.6. The third-order valence-corrected chi connectivity index (χ3v) is 4.56. The van der Waals surface area contributed by atoms with Crippen LogP contribution in [-0.2, 0) is 0 Å². The molecule has 0 bridgehead atoms. The Morgan fingerprint density at radius 2 is 1.83 bits per heavy atom. The van der Waals surface area contributed by atoms with Crippen LogP contribution in [0.2, 0.25) is 0 Å². The number of hydrogen-bond acceptors (Lipinski definition) is 1. The van der Waals surface area contributed by atoms with Gasteiger partial charge < -0.3 is 0 Å². The summed E-state index contributed by atoms with van der Waals surface area (Å²) in [6.07, 6.45) is 7.99. The summed E-state index contributed by atoms with van der Waals surface area (Å²) in [5.41, 5.74) is 2.77. The normalized spacial score (nSPS) is 27.7. The van der Waals surface area contributed by atoms with Crippen molar-refractivity contribution in [3.8, 4) is 6.07 Å². The molecule has 1 heteroatoms. The number of benzene rings is 1. The maximum atomic E-state index is 8.82. The van der Waals surface area contributed by atoms with Crippen LogP contribution in [0.1, 0.15) is 69.4 Å². The van der Waals surface area contributed by atoms with Gasteiger partial charge in [0.1, 0.15) is 0 Å². The van der Waals surface area contributed by atoms with E-state index in [1.54, 1.807) is 0 Å². The van der Waals surface area contributed by atoms with E-state index in [1.165, 1.54) is 44.1 Å². The summed E-state index contributed by atoms with van der Waals surface area (Å²) in [5.74, 6) is 0.711. The highest BCUT2D eigenvalue weighted by Gasteiger charge is 2.30. The van der Waals surface area contributed by atoms with Crippen LogP contribution in [0.15, 0.2) is 24.3 Å². The molecule has 2 rings (SSSR count). The molecule has 0 saturated heterocycles. The topological polar surface area (TPSA) is 23.8 Å². The van der Waals surface area contributed by atoms with E-state index in [4.69, 9.17) is 5.26 Å². The molecular weight excluding hydrogens is 218 g/mol. The first kappa shape index (κ1) is 13.1. The molecule has 1 aliphatic carbocycles. The molecule has 1 aliphatic rings. The van der Waals surface area contributed by atoms with E-state index in [0.717, 1.165) is 5.56 Å². The molecule has 0 aliphatic heterocycles. The van der Waals surface area contributed by atoms with Crippen LogP contribution >= 0.6 is 0 Å². The van der Waals surface area contributed by atoms with E-state index >= 15 is 0 Å². The third-order valence-electron chi connectivity index (χ3n) is 4.56. The van der Waals surface area contributed by atoms with Crippen molar-refractivity contribution in [2.45, 2.75) is 58.3 Å². The maximum absolute atomic E-state index is 8.82. The van der Waals surface area contributed by atoms with Gasteiger partial charge in [0.05, 0.1) is 11.6 Å². The highest BCUT2D eigenvalue weighted by molar-refractivity contribution is 5.33. The van der Waals surface area contributed by atoms with Crippen LogP contribution in [-0.4, -0.2) is 0 Å². The van der Waals surface area contributed by atoms with Crippen LogP contribution in [0.4, 0.5) is 0 Å². The van der Waals surface area contributed by atoms with Crippen molar-refractivity contribution in [3.05, 3.63) is 35.4 Å². The number of nitriles is 1. The number of nitrogens with zero attached hydrogens (tertiary/aromatic N) is 1. The Hall–Kier alpha value is -1.29. The number of hydrogen-bond donors (Lipinski definition) is 0. The van der Waals surface area contributed by atoms with Gasteiger partial charge in [-0.1, -0.05) is 32.4 Å². The summed E-state index contributed by atoms with van der Waals surface area (Å²) >= 11 is 0. The molecule has 0 spiro atoms. The standard InChI is InChI=1S/C17H23N/c1-3-10-17(2)11-8-16(9-12-17)15-6-4-14(13-18)5-7-15/h4-7,16H,3,8-12H2,1-2H3. The van der Waals surface area contributed by atoms with Crippen molar-refractivity contribution in [2.75, 3.05) is 0 Å². The molecule has 0 heterocycles. The van der Waals surface area contributed by atoms with Crippen LogP contribution in [0.25, 0.3) is 0 Å². The predicted octanol–water partition coefficient (Wildman–Crippen LogP) is 5.02. The molecule has 0 N–H and O–H groups in total. The van der Waals surface area contributed by atoms with Gasteiger partial charge >= 0.3 is 0 Å². The molecular formula is C17H23N. The van der Waals surface area contributed by atoms with Crippen molar-refractivity contribution < 1.29 is 0 Å². The Kier molecular flexibility index (Phi) is 4.07. The zero-order valence-electron chi connectivity index (χ0n) is 11.6.